The lowest BCUT2D eigenvalue weighted by atomic mass is 10.1. The van der Waals surface area contributed by atoms with Gasteiger partial charge in [0.15, 0.2) is 0 Å². The van der Waals surface area contributed by atoms with E-state index in [-0.39, 0.29) is 0 Å². The van der Waals surface area contributed by atoms with Crippen LogP contribution in [0.2, 0.25) is 0 Å². The van der Waals surface area contributed by atoms with Gasteiger partial charge in [-0.1, -0.05) is 65.2 Å². The van der Waals surface area contributed by atoms with Crippen LogP contribution >= 0.6 is 11.8 Å². The van der Waals surface area contributed by atoms with Crippen LogP contribution < -0.4 is 5.32 Å². The highest BCUT2D eigenvalue weighted by atomic mass is 32.2. The first-order valence-corrected chi connectivity index (χ1v) is 8.96. The van der Waals surface area contributed by atoms with Crippen molar-refractivity contribution in [1.82, 2.24) is 5.32 Å². The van der Waals surface area contributed by atoms with Crippen molar-refractivity contribution < 1.29 is 0 Å². The molecule has 0 aromatic carbocycles. The largest absolute Gasteiger partial charge is 0.313 e. The molecule has 0 aliphatic rings. The van der Waals surface area contributed by atoms with Gasteiger partial charge in [-0.15, -0.1) is 0 Å². The number of unbranched alkanes of at least 4 members (excludes halogenated alkanes) is 7. The smallest absolute Gasteiger partial charge is 0.0157 e. The summed E-state index contributed by atoms with van der Waals surface area (Å²) in [5.74, 6) is 1.27. The molecule has 2 heteroatoms. The Morgan fingerprint density at radius 3 is 2.00 bits per heavy atom. The summed E-state index contributed by atoms with van der Waals surface area (Å²) < 4.78 is 0. The summed E-state index contributed by atoms with van der Waals surface area (Å²) in [6.07, 6.45) is 15.0. The molecular formula is C15H33NS. The van der Waals surface area contributed by atoms with Crippen LogP contribution in [-0.4, -0.2) is 24.6 Å². The van der Waals surface area contributed by atoms with Gasteiger partial charge < -0.3 is 5.32 Å². The van der Waals surface area contributed by atoms with Gasteiger partial charge in [0, 0.05) is 11.8 Å². The fraction of sp³-hybridized carbons (Fsp3) is 1.00. The number of hydrogen-bond donors (Lipinski definition) is 1. The molecule has 17 heavy (non-hydrogen) atoms. The van der Waals surface area contributed by atoms with Crippen LogP contribution in [0.5, 0.6) is 0 Å². The van der Waals surface area contributed by atoms with Crippen molar-refractivity contribution in [3.05, 3.63) is 0 Å². The molecule has 1 nitrogen and oxygen atoms in total. The molecule has 0 aliphatic heterocycles. The lowest BCUT2D eigenvalue weighted by Gasteiger charge is -2.16. The monoisotopic (exact) mass is 259 g/mol. The SMILES string of the molecule is CCCCCCCCCCC(CSC)NCC. The van der Waals surface area contributed by atoms with Crippen molar-refractivity contribution in [2.45, 2.75) is 77.7 Å². The molecule has 0 saturated heterocycles. The van der Waals surface area contributed by atoms with Gasteiger partial charge in [-0.25, -0.2) is 0 Å². The van der Waals surface area contributed by atoms with E-state index in [1.165, 1.54) is 63.5 Å². The Morgan fingerprint density at radius 1 is 0.882 bits per heavy atom. The first-order chi connectivity index (χ1) is 8.35. The van der Waals surface area contributed by atoms with Gasteiger partial charge in [-0.05, 0) is 19.2 Å². The van der Waals surface area contributed by atoms with Crippen LogP contribution in [0.25, 0.3) is 0 Å². The Hall–Kier alpha value is 0.310. The first kappa shape index (κ1) is 17.3. The molecule has 0 saturated carbocycles. The van der Waals surface area contributed by atoms with Crippen LogP contribution in [-0.2, 0) is 0 Å². The molecule has 1 unspecified atom stereocenters. The van der Waals surface area contributed by atoms with Crippen molar-refractivity contribution in [2.75, 3.05) is 18.6 Å². The maximum Gasteiger partial charge on any atom is 0.0157 e. The lowest BCUT2D eigenvalue weighted by molar-refractivity contribution is 0.491. The minimum absolute atomic E-state index is 0.745. The van der Waals surface area contributed by atoms with Crippen molar-refractivity contribution in [1.29, 1.82) is 0 Å². The fourth-order valence-corrected chi connectivity index (χ4v) is 2.95. The Bertz CT molecular complexity index is 133. The highest BCUT2D eigenvalue weighted by Crippen LogP contribution is 2.12. The van der Waals surface area contributed by atoms with Gasteiger partial charge in [0.1, 0.15) is 0 Å². The standard InChI is InChI=1S/C15H33NS/c1-4-6-7-8-9-10-11-12-13-15(14-17-3)16-5-2/h15-16H,4-14H2,1-3H3. The third kappa shape index (κ3) is 12.6. The number of rotatable bonds is 13. The second-order valence-electron chi connectivity index (χ2n) is 4.97. The van der Waals surface area contributed by atoms with E-state index in [1.54, 1.807) is 0 Å². The summed E-state index contributed by atoms with van der Waals surface area (Å²) in [6.45, 7) is 5.61. The number of hydrogen-bond acceptors (Lipinski definition) is 2. The van der Waals surface area contributed by atoms with E-state index in [0.29, 0.717) is 0 Å². The highest BCUT2D eigenvalue weighted by Gasteiger charge is 2.05. The Morgan fingerprint density at radius 2 is 1.47 bits per heavy atom. The number of thioether (sulfide) groups is 1. The second-order valence-corrected chi connectivity index (χ2v) is 5.88. The summed E-state index contributed by atoms with van der Waals surface area (Å²) >= 11 is 1.96. The predicted molar refractivity (Wildman–Crippen MR) is 83.1 cm³/mol. The molecule has 0 fully saturated rings. The van der Waals surface area contributed by atoms with Crippen LogP contribution in [0.15, 0.2) is 0 Å². The van der Waals surface area contributed by atoms with Gasteiger partial charge >= 0.3 is 0 Å². The van der Waals surface area contributed by atoms with E-state index >= 15 is 0 Å². The van der Waals surface area contributed by atoms with E-state index < -0.39 is 0 Å². The molecule has 0 rings (SSSR count). The summed E-state index contributed by atoms with van der Waals surface area (Å²) in [7, 11) is 0. The zero-order valence-corrected chi connectivity index (χ0v) is 13.1. The number of nitrogens with one attached hydrogen (secondary N) is 1. The van der Waals surface area contributed by atoms with Crippen molar-refractivity contribution >= 4 is 11.8 Å². The summed E-state index contributed by atoms with van der Waals surface area (Å²) in [6, 6.07) is 0.745. The van der Waals surface area contributed by atoms with Gasteiger partial charge in [0.05, 0.1) is 0 Å². The molecular weight excluding hydrogens is 226 g/mol. The molecule has 0 bridgehead atoms. The Labute approximate surface area is 114 Å². The Balaban J connectivity index is 3.23. The van der Waals surface area contributed by atoms with E-state index in [2.05, 4.69) is 25.4 Å². The lowest BCUT2D eigenvalue weighted by Crippen LogP contribution is -2.30. The normalized spacial score (nSPS) is 12.9. The quantitative estimate of drug-likeness (QED) is 0.474. The van der Waals surface area contributed by atoms with E-state index in [0.717, 1.165) is 12.6 Å². The average Bonchev–Trinajstić information content (AvgIpc) is 2.33. The van der Waals surface area contributed by atoms with Gasteiger partial charge in [-0.3, -0.25) is 0 Å². The third-order valence-corrected chi connectivity index (χ3v) is 4.00. The summed E-state index contributed by atoms with van der Waals surface area (Å²) in [5, 5.41) is 3.58. The predicted octanol–water partition coefficient (Wildman–Crippen LogP) is 4.86. The molecule has 0 heterocycles. The summed E-state index contributed by atoms with van der Waals surface area (Å²) in [4.78, 5) is 0. The van der Waals surface area contributed by atoms with Crippen LogP contribution in [0, 0.1) is 0 Å². The van der Waals surface area contributed by atoms with Crippen molar-refractivity contribution in [3.63, 3.8) is 0 Å². The molecule has 0 aromatic heterocycles. The zero-order valence-electron chi connectivity index (χ0n) is 12.3. The average molecular weight is 260 g/mol. The third-order valence-electron chi connectivity index (χ3n) is 3.27. The molecule has 0 radical (unpaired) electrons. The van der Waals surface area contributed by atoms with Crippen LogP contribution in [0.3, 0.4) is 0 Å². The van der Waals surface area contributed by atoms with Gasteiger partial charge in [-0.2, -0.15) is 11.8 Å². The van der Waals surface area contributed by atoms with Crippen molar-refractivity contribution in [3.8, 4) is 0 Å². The van der Waals surface area contributed by atoms with E-state index in [4.69, 9.17) is 0 Å². The van der Waals surface area contributed by atoms with E-state index in [9.17, 15) is 0 Å². The molecule has 1 N–H and O–H groups in total. The first-order valence-electron chi connectivity index (χ1n) is 7.57. The van der Waals surface area contributed by atoms with Crippen LogP contribution in [0.1, 0.15) is 71.6 Å². The summed E-state index contributed by atoms with van der Waals surface area (Å²) in [5.41, 5.74) is 0. The van der Waals surface area contributed by atoms with Crippen LogP contribution in [0.4, 0.5) is 0 Å². The second kappa shape index (κ2) is 14.4. The van der Waals surface area contributed by atoms with Gasteiger partial charge in [0.25, 0.3) is 0 Å². The minimum atomic E-state index is 0.745. The topological polar surface area (TPSA) is 12.0 Å². The van der Waals surface area contributed by atoms with Crippen molar-refractivity contribution in [2.24, 2.45) is 0 Å². The maximum absolute atomic E-state index is 3.58. The Kier molecular flexibility index (Phi) is 14.6. The maximum atomic E-state index is 3.58. The molecule has 1 atom stereocenters. The molecule has 0 aromatic rings. The van der Waals surface area contributed by atoms with Gasteiger partial charge in [0.2, 0.25) is 0 Å². The molecule has 0 amide bonds. The fourth-order valence-electron chi connectivity index (χ4n) is 2.26. The zero-order chi connectivity index (χ0) is 12.8. The van der Waals surface area contributed by atoms with E-state index in [1.807, 2.05) is 11.8 Å². The molecule has 104 valence electrons. The molecule has 0 spiro atoms. The molecule has 0 aliphatic carbocycles. The highest BCUT2D eigenvalue weighted by molar-refractivity contribution is 7.98. The minimum Gasteiger partial charge on any atom is -0.313 e.